The summed E-state index contributed by atoms with van der Waals surface area (Å²) in [6.07, 6.45) is 6.76. The van der Waals surface area contributed by atoms with Gasteiger partial charge in [0.2, 0.25) is 0 Å². The van der Waals surface area contributed by atoms with Gasteiger partial charge in [-0.25, -0.2) is 4.98 Å². The molecule has 0 aliphatic carbocycles. The molecule has 0 atom stereocenters. The Balaban J connectivity index is 1.28. The number of fused-ring (bicyclic) bond motifs is 1. The van der Waals surface area contributed by atoms with Crippen LogP contribution in [0.15, 0.2) is 66.9 Å². The van der Waals surface area contributed by atoms with Gasteiger partial charge in [-0.1, -0.05) is 30.7 Å². The van der Waals surface area contributed by atoms with E-state index in [1.807, 2.05) is 49.5 Å². The van der Waals surface area contributed by atoms with E-state index in [0.29, 0.717) is 34.9 Å². The number of hydrogen-bond acceptors (Lipinski definition) is 4. The fraction of sp³-hybridized carbons (Fsp3) is 0.323. The quantitative estimate of drug-likeness (QED) is 0.219. The molecule has 204 valence electrons. The van der Waals surface area contributed by atoms with E-state index in [1.165, 1.54) is 11.3 Å². The average Bonchev–Trinajstić information content (AvgIpc) is 3.31. The molecule has 2 N–H and O–H groups in total. The molecule has 0 unspecified atom stereocenters. The zero-order chi connectivity index (χ0) is 27.8. The highest BCUT2D eigenvalue weighted by Crippen LogP contribution is 2.20. The van der Waals surface area contributed by atoms with Crippen LogP contribution in [0.3, 0.4) is 0 Å². The monoisotopic (exact) mass is 546 g/mol. The van der Waals surface area contributed by atoms with E-state index in [-0.39, 0.29) is 18.4 Å². The molecule has 0 saturated carbocycles. The SMILES string of the molecule is CCc1nc2ccc(Cl)cn2c1CCCCc1ccc(C(=O)Nc2ccc(C(=O)N(CC)CCO)cc2)cc1. The Kier molecular flexibility index (Phi) is 9.74. The Morgan fingerprint density at radius 3 is 2.31 bits per heavy atom. The number of benzene rings is 2. The summed E-state index contributed by atoms with van der Waals surface area (Å²) < 4.78 is 2.11. The lowest BCUT2D eigenvalue weighted by Gasteiger charge is -2.19. The van der Waals surface area contributed by atoms with Crippen molar-refractivity contribution in [1.29, 1.82) is 0 Å². The number of nitrogens with one attached hydrogen (secondary N) is 1. The number of carbonyl (C=O) groups excluding carboxylic acids is 2. The van der Waals surface area contributed by atoms with Gasteiger partial charge in [-0.05, 0) is 93.1 Å². The Bertz CT molecular complexity index is 1410. The first-order valence-electron chi connectivity index (χ1n) is 13.5. The summed E-state index contributed by atoms with van der Waals surface area (Å²) in [5.41, 5.74) is 6.19. The topological polar surface area (TPSA) is 86.9 Å². The van der Waals surface area contributed by atoms with Crippen molar-refractivity contribution in [2.24, 2.45) is 0 Å². The predicted octanol–water partition coefficient (Wildman–Crippen LogP) is 5.82. The van der Waals surface area contributed by atoms with Crippen LogP contribution in [0.2, 0.25) is 5.02 Å². The summed E-state index contributed by atoms with van der Waals surface area (Å²) >= 11 is 6.21. The second-order valence-electron chi connectivity index (χ2n) is 9.48. The van der Waals surface area contributed by atoms with Gasteiger partial charge in [0.1, 0.15) is 5.65 Å². The molecule has 2 amide bonds. The Morgan fingerprint density at radius 2 is 1.64 bits per heavy atom. The van der Waals surface area contributed by atoms with Crippen LogP contribution in [0.5, 0.6) is 0 Å². The highest BCUT2D eigenvalue weighted by molar-refractivity contribution is 6.30. The molecule has 2 aromatic heterocycles. The summed E-state index contributed by atoms with van der Waals surface area (Å²) in [6, 6.07) is 18.3. The van der Waals surface area contributed by atoms with Crippen LogP contribution < -0.4 is 5.32 Å². The van der Waals surface area contributed by atoms with E-state index in [2.05, 4.69) is 16.6 Å². The van der Waals surface area contributed by atoms with Gasteiger partial charge >= 0.3 is 0 Å². The summed E-state index contributed by atoms with van der Waals surface area (Å²) in [5, 5.41) is 12.7. The zero-order valence-electron chi connectivity index (χ0n) is 22.5. The molecule has 0 saturated heterocycles. The Hall–Kier alpha value is -3.68. The van der Waals surface area contributed by atoms with Crippen molar-refractivity contribution in [3.63, 3.8) is 0 Å². The maximum atomic E-state index is 12.7. The molecule has 4 rings (SSSR count). The molecule has 0 spiro atoms. The smallest absolute Gasteiger partial charge is 0.255 e. The fourth-order valence-electron chi connectivity index (χ4n) is 4.71. The minimum atomic E-state index is -0.200. The summed E-state index contributed by atoms with van der Waals surface area (Å²) in [4.78, 5) is 31.6. The van der Waals surface area contributed by atoms with Crippen LogP contribution in [0.25, 0.3) is 5.65 Å². The summed E-state index contributed by atoms with van der Waals surface area (Å²) in [7, 11) is 0. The highest BCUT2D eigenvalue weighted by atomic mass is 35.5. The Morgan fingerprint density at radius 1 is 0.949 bits per heavy atom. The first-order chi connectivity index (χ1) is 18.9. The maximum absolute atomic E-state index is 12.7. The normalized spacial score (nSPS) is 11.1. The third kappa shape index (κ3) is 7.05. The number of aliphatic hydroxyl groups excluding tert-OH is 1. The molecule has 4 aromatic rings. The first-order valence-corrected chi connectivity index (χ1v) is 13.9. The van der Waals surface area contributed by atoms with Gasteiger partial charge in [0.15, 0.2) is 0 Å². The number of imidazole rings is 1. The van der Waals surface area contributed by atoms with Gasteiger partial charge < -0.3 is 19.7 Å². The van der Waals surface area contributed by atoms with Crippen molar-refractivity contribution < 1.29 is 14.7 Å². The summed E-state index contributed by atoms with van der Waals surface area (Å²) in [5.74, 6) is -0.344. The van der Waals surface area contributed by atoms with Crippen LogP contribution >= 0.6 is 11.6 Å². The predicted molar refractivity (Wildman–Crippen MR) is 156 cm³/mol. The zero-order valence-corrected chi connectivity index (χ0v) is 23.2. The number of aryl methyl sites for hydroxylation is 3. The van der Waals surface area contributed by atoms with Crippen LogP contribution in [0.4, 0.5) is 5.69 Å². The largest absolute Gasteiger partial charge is 0.395 e. The van der Waals surface area contributed by atoms with E-state index in [9.17, 15) is 9.59 Å². The van der Waals surface area contributed by atoms with E-state index in [1.54, 1.807) is 29.2 Å². The second kappa shape index (κ2) is 13.4. The fourth-order valence-corrected chi connectivity index (χ4v) is 4.87. The van der Waals surface area contributed by atoms with Crippen LogP contribution in [0, 0.1) is 0 Å². The van der Waals surface area contributed by atoms with E-state index >= 15 is 0 Å². The number of carbonyl (C=O) groups is 2. The van der Waals surface area contributed by atoms with Gasteiger partial charge in [0.05, 0.1) is 17.3 Å². The molecule has 8 heteroatoms. The average molecular weight is 547 g/mol. The number of hydrogen-bond donors (Lipinski definition) is 2. The minimum Gasteiger partial charge on any atom is -0.395 e. The van der Waals surface area contributed by atoms with Crippen LogP contribution in [0.1, 0.15) is 64.4 Å². The van der Waals surface area contributed by atoms with Crippen molar-refractivity contribution in [3.05, 3.63) is 100.0 Å². The number of rotatable bonds is 12. The molecule has 0 aliphatic heterocycles. The van der Waals surface area contributed by atoms with Gasteiger partial charge in [-0.15, -0.1) is 0 Å². The number of halogens is 1. The van der Waals surface area contributed by atoms with Crippen LogP contribution in [-0.2, 0) is 19.3 Å². The molecule has 2 heterocycles. The molecule has 7 nitrogen and oxygen atoms in total. The standard InChI is InChI=1S/C31H35ClN4O3/c1-3-27-28(36-21-25(32)15-18-29(36)34-27)8-6-5-7-22-9-11-23(12-10-22)30(38)33-26-16-13-24(14-17-26)31(39)35(4-2)19-20-37/h9-18,21,37H,3-8,19-20H2,1-2H3,(H,33,38). The number of likely N-dealkylation sites (N-methyl/N-ethyl adjacent to an activating group) is 1. The lowest BCUT2D eigenvalue weighted by Crippen LogP contribution is -2.33. The number of unbranched alkanes of at least 4 members (excludes halogenated alkanes) is 1. The third-order valence-corrected chi connectivity index (χ3v) is 7.10. The lowest BCUT2D eigenvalue weighted by atomic mass is 10.0. The Labute approximate surface area is 234 Å². The van der Waals surface area contributed by atoms with Crippen molar-refractivity contribution in [2.75, 3.05) is 25.0 Å². The van der Waals surface area contributed by atoms with Crippen molar-refractivity contribution in [2.45, 2.75) is 46.0 Å². The second-order valence-corrected chi connectivity index (χ2v) is 9.91. The van der Waals surface area contributed by atoms with Crippen LogP contribution in [-0.4, -0.2) is 50.9 Å². The van der Waals surface area contributed by atoms with Crippen molar-refractivity contribution >= 4 is 34.7 Å². The number of nitrogens with zero attached hydrogens (tertiary/aromatic N) is 3. The number of pyridine rings is 1. The maximum Gasteiger partial charge on any atom is 0.255 e. The number of anilines is 1. The third-order valence-electron chi connectivity index (χ3n) is 6.87. The van der Waals surface area contributed by atoms with E-state index < -0.39 is 0 Å². The molecular formula is C31H35ClN4O3. The molecule has 0 fully saturated rings. The van der Waals surface area contributed by atoms with Crippen molar-refractivity contribution in [1.82, 2.24) is 14.3 Å². The number of aromatic nitrogens is 2. The van der Waals surface area contributed by atoms with E-state index in [0.717, 1.165) is 43.4 Å². The first kappa shape index (κ1) is 28.3. The molecule has 0 aliphatic rings. The number of aliphatic hydroxyl groups is 1. The van der Waals surface area contributed by atoms with Gasteiger partial charge in [0, 0.05) is 41.8 Å². The van der Waals surface area contributed by atoms with Crippen molar-refractivity contribution in [3.8, 4) is 0 Å². The summed E-state index contributed by atoms with van der Waals surface area (Å²) in [6.45, 7) is 4.73. The highest BCUT2D eigenvalue weighted by Gasteiger charge is 2.14. The molecule has 2 aromatic carbocycles. The van der Waals surface area contributed by atoms with E-state index in [4.69, 9.17) is 21.7 Å². The molecule has 0 bridgehead atoms. The molecule has 39 heavy (non-hydrogen) atoms. The van der Waals surface area contributed by atoms with Gasteiger partial charge in [-0.2, -0.15) is 0 Å². The molecular weight excluding hydrogens is 512 g/mol. The number of amides is 2. The molecule has 0 radical (unpaired) electrons. The van der Waals surface area contributed by atoms with Gasteiger partial charge in [-0.3, -0.25) is 9.59 Å². The van der Waals surface area contributed by atoms with Gasteiger partial charge in [0.25, 0.3) is 11.8 Å². The lowest BCUT2D eigenvalue weighted by molar-refractivity contribution is 0.0732. The minimum absolute atomic E-state index is 0.0783.